The molecule has 0 unspecified atom stereocenters. The second kappa shape index (κ2) is 6.99. The van der Waals surface area contributed by atoms with Crippen LogP contribution in [-0.2, 0) is 13.0 Å². The van der Waals surface area contributed by atoms with Crippen molar-refractivity contribution >= 4 is 28.5 Å². The molecule has 0 atom stereocenters. The molecule has 0 saturated carbocycles. The summed E-state index contributed by atoms with van der Waals surface area (Å²) in [6, 6.07) is 7.79. The molecule has 28 heavy (non-hydrogen) atoms. The molecule has 2 aromatic heterocycles. The van der Waals surface area contributed by atoms with Gasteiger partial charge in [0.05, 0.1) is 11.3 Å². The highest BCUT2D eigenvalue weighted by molar-refractivity contribution is 6.09. The van der Waals surface area contributed by atoms with Crippen molar-refractivity contribution in [3.8, 4) is 0 Å². The van der Waals surface area contributed by atoms with Crippen molar-refractivity contribution in [2.75, 3.05) is 26.0 Å². The molecule has 3 heterocycles. The van der Waals surface area contributed by atoms with E-state index in [1.165, 1.54) is 0 Å². The molecule has 0 aliphatic carbocycles. The number of nitrogens with one attached hydrogen (secondary N) is 2. The minimum absolute atomic E-state index is 0.0324. The van der Waals surface area contributed by atoms with Crippen molar-refractivity contribution in [3.05, 3.63) is 59.0 Å². The summed E-state index contributed by atoms with van der Waals surface area (Å²) in [7, 11) is 3.48. The van der Waals surface area contributed by atoms with Gasteiger partial charge < -0.3 is 20.1 Å². The number of aryl methyl sites for hydroxylation is 1. The van der Waals surface area contributed by atoms with Gasteiger partial charge in [-0.25, -0.2) is 4.79 Å². The van der Waals surface area contributed by atoms with Crippen molar-refractivity contribution in [3.63, 3.8) is 0 Å². The van der Waals surface area contributed by atoms with Gasteiger partial charge in [-0.3, -0.25) is 9.78 Å². The Hall–Kier alpha value is -3.35. The van der Waals surface area contributed by atoms with Gasteiger partial charge in [0.2, 0.25) is 0 Å². The highest BCUT2D eigenvalue weighted by Crippen LogP contribution is 2.26. The van der Waals surface area contributed by atoms with Crippen LogP contribution in [0.1, 0.15) is 27.2 Å². The Morgan fingerprint density at radius 1 is 1.25 bits per heavy atom. The number of pyridine rings is 1. The number of rotatable bonds is 2. The number of hydrogen-bond acceptors (Lipinski definition) is 3. The van der Waals surface area contributed by atoms with Crippen LogP contribution in [0.3, 0.4) is 0 Å². The van der Waals surface area contributed by atoms with Gasteiger partial charge >= 0.3 is 6.03 Å². The van der Waals surface area contributed by atoms with Crippen LogP contribution in [0.15, 0.2) is 36.7 Å². The average molecular weight is 377 g/mol. The number of anilines is 1. The van der Waals surface area contributed by atoms with E-state index in [1.807, 2.05) is 31.2 Å². The monoisotopic (exact) mass is 377 g/mol. The van der Waals surface area contributed by atoms with Crippen LogP contribution in [0.2, 0.25) is 0 Å². The van der Waals surface area contributed by atoms with Gasteiger partial charge in [-0.05, 0) is 42.7 Å². The molecular formula is C21H23N5O2. The number of hydrogen-bond donors (Lipinski definition) is 2. The third kappa shape index (κ3) is 3.19. The molecule has 1 aromatic carbocycles. The van der Waals surface area contributed by atoms with E-state index < -0.39 is 0 Å². The Kier molecular flexibility index (Phi) is 4.50. The summed E-state index contributed by atoms with van der Waals surface area (Å²) in [6.45, 7) is 3.04. The normalized spacial score (nSPS) is 13.3. The first-order chi connectivity index (χ1) is 13.4. The standard InChI is InChI=1S/C21H23N5O2/c1-13-9-16-18(23-13)5-4-6-19(16)24-20(27)17-11-22-10-14-12-26(8-7-15(14)17)21(28)25(2)3/h4-6,9-11,23H,7-8,12H2,1-3H3,(H,24,27). The second-order valence-corrected chi connectivity index (χ2v) is 7.35. The topological polar surface area (TPSA) is 81.3 Å². The first-order valence-corrected chi connectivity index (χ1v) is 9.25. The van der Waals surface area contributed by atoms with Crippen LogP contribution in [0, 0.1) is 6.92 Å². The maximum absolute atomic E-state index is 13.0. The number of urea groups is 1. The number of carbonyl (C=O) groups is 2. The zero-order chi connectivity index (χ0) is 19.8. The molecule has 1 aliphatic rings. The fourth-order valence-corrected chi connectivity index (χ4v) is 3.73. The lowest BCUT2D eigenvalue weighted by Gasteiger charge is -2.31. The minimum Gasteiger partial charge on any atom is -0.359 e. The number of fused-ring (bicyclic) bond motifs is 2. The maximum atomic E-state index is 13.0. The van der Waals surface area contributed by atoms with E-state index >= 15 is 0 Å². The van der Waals surface area contributed by atoms with Gasteiger partial charge in [0.15, 0.2) is 0 Å². The summed E-state index contributed by atoms with van der Waals surface area (Å²) in [6.07, 6.45) is 3.99. The van der Waals surface area contributed by atoms with Crippen molar-refractivity contribution in [1.29, 1.82) is 0 Å². The molecule has 2 N–H and O–H groups in total. The first-order valence-electron chi connectivity index (χ1n) is 9.25. The lowest BCUT2D eigenvalue weighted by molar-refractivity contribution is 0.102. The SMILES string of the molecule is Cc1cc2c(NC(=O)c3cncc4c3CCN(C(=O)N(C)C)C4)cccc2[nH]1. The summed E-state index contributed by atoms with van der Waals surface area (Å²) >= 11 is 0. The van der Waals surface area contributed by atoms with Crippen LogP contribution in [0.25, 0.3) is 10.9 Å². The molecule has 3 aromatic rings. The molecule has 0 spiro atoms. The minimum atomic E-state index is -0.178. The van der Waals surface area contributed by atoms with E-state index in [1.54, 1.807) is 36.3 Å². The van der Waals surface area contributed by atoms with Gasteiger partial charge in [-0.15, -0.1) is 0 Å². The smallest absolute Gasteiger partial charge is 0.319 e. The second-order valence-electron chi connectivity index (χ2n) is 7.35. The van der Waals surface area contributed by atoms with Gasteiger partial charge in [0.25, 0.3) is 5.91 Å². The molecule has 3 amide bonds. The van der Waals surface area contributed by atoms with Gasteiger partial charge in [0, 0.05) is 56.2 Å². The van der Waals surface area contributed by atoms with Crippen LogP contribution in [0.4, 0.5) is 10.5 Å². The third-order valence-electron chi connectivity index (χ3n) is 5.08. The molecule has 4 rings (SSSR count). The van der Waals surface area contributed by atoms with Crippen LogP contribution >= 0.6 is 0 Å². The number of carbonyl (C=O) groups excluding carboxylic acids is 2. The fraction of sp³-hybridized carbons (Fsp3) is 0.286. The summed E-state index contributed by atoms with van der Waals surface area (Å²) in [5, 5.41) is 4.01. The Morgan fingerprint density at radius 3 is 2.86 bits per heavy atom. The number of H-pyrrole nitrogens is 1. The third-order valence-corrected chi connectivity index (χ3v) is 5.08. The predicted octanol–water partition coefficient (Wildman–Crippen LogP) is 3.16. The van der Waals surface area contributed by atoms with Crippen LogP contribution < -0.4 is 5.32 Å². The van der Waals surface area contributed by atoms with Crippen molar-refractivity contribution in [2.45, 2.75) is 19.9 Å². The number of nitrogens with zero attached hydrogens (tertiary/aromatic N) is 3. The molecule has 0 fully saturated rings. The Bertz CT molecular complexity index is 1070. The van der Waals surface area contributed by atoms with Crippen LogP contribution in [0.5, 0.6) is 0 Å². The molecular weight excluding hydrogens is 354 g/mol. The predicted molar refractivity (Wildman–Crippen MR) is 108 cm³/mol. The fourth-order valence-electron chi connectivity index (χ4n) is 3.73. The van der Waals surface area contributed by atoms with Crippen molar-refractivity contribution in [2.24, 2.45) is 0 Å². The lowest BCUT2D eigenvalue weighted by atomic mass is 9.96. The Labute approximate surface area is 163 Å². The molecule has 1 aliphatic heterocycles. The van der Waals surface area contributed by atoms with E-state index in [9.17, 15) is 9.59 Å². The average Bonchev–Trinajstić information content (AvgIpc) is 3.07. The molecule has 0 radical (unpaired) electrons. The number of aromatic amines is 1. The zero-order valence-corrected chi connectivity index (χ0v) is 16.2. The number of amides is 3. The van der Waals surface area contributed by atoms with E-state index in [0.29, 0.717) is 25.1 Å². The van der Waals surface area contributed by atoms with Crippen molar-refractivity contribution < 1.29 is 9.59 Å². The largest absolute Gasteiger partial charge is 0.359 e. The first kappa shape index (κ1) is 18.0. The Balaban J connectivity index is 1.61. The lowest BCUT2D eigenvalue weighted by Crippen LogP contribution is -2.42. The molecule has 7 heteroatoms. The zero-order valence-electron chi connectivity index (χ0n) is 16.2. The van der Waals surface area contributed by atoms with Crippen molar-refractivity contribution in [1.82, 2.24) is 19.8 Å². The van der Waals surface area contributed by atoms with Gasteiger partial charge in [-0.2, -0.15) is 0 Å². The Morgan fingerprint density at radius 2 is 2.07 bits per heavy atom. The quantitative estimate of drug-likeness (QED) is 0.720. The number of aromatic nitrogens is 2. The van der Waals surface area contributed by atoms with E-state index in [4.69, 9.17) is 0 Å². The highest BCUT2D eigenvalue weighted by Gasteiger charge is 2.25. The summed E-state index contributed by atoms with van der Waals surface area (Å²) < 4.78 is 0. The number of benzene rings is 1. The maximum Gasteiger partial charge on any atom is 0.319 e. The van der Waals surface area contributed by atoms with E-state index in [0.717, 1.165) is 33.4 Å². The molecule has 7 nitrogen and oxygen atoms in total. The van der Waals surface area contributed by atoms with E-state index in [-0.39, 0.29) is 11.9 Å². The molecule has 0 bridgehead atoms. The summed E-state index contributed by atoms with van der Waals surface area (Å²) in [4.78, 5) is 36.1. The molecule has 144 valence electrons. The van der Waals surface area contributed by atoms with Gasteiger partial charge in [-0.1, -0.05) is 6.07 Å². The summed E-state index contributed by atoms with van der Waals surface area (Å²) in [5.41, 5.74) is 5.25. The van der Waals surface area contributed by atoms with Gasteiger partial charge in [0.1, 0.15) is 0 Å². The highest BCUT2D eigenvalue weighted by atomic mass is 16.2. The summed E-state index contributed by atoms with van der Waals surface area (Å²) in [5.74, 6) is -0.178. The van der Waals surface area contributed by atoms with Crippen LogP contribution in [-0.4, -0.2) is 52.3 Å². The van der Waals surface area contributed by atoms with E-state index in [2.05, 4.69) is 15.3 Å². The molecule has 0 saturated heterocycles.